The fourth-order valence-electron chi connectivity index (χ4n) is 8.47. The van der Waals surface area contributed by atoms with E-state index in [1.807, 2.05) is 0 Å². The summed E-state index contributed by atoms with van der Waals surface area (Å²) in [4.78, 5) is 11.7. The van der Waals surface area contributed by atoms with Crippen molar-refractivity contribution < 1.29 is 24.9 Å². The first-order chi connectivity index (χ1) is 13.2. The predicted octanol–water partition coefficient (Wildman–Crippen LogP) is 2.58. The highest BCUT2D eigenvalue weighted by atomic mass is 16.5. The van der Waals surface area contributed by atoms with E-state index in [9.17, 15) is 20.1 Å². The number of carbonyl (C=O) groups excluding carboxylic acids is 1. The van der Waals surface area contributed by atoms with Crippen LogP contribution >= 0.6 is 0 Å². The van der Waals surface area contributed by atoms with Gasteiger partial charge in [-0.15, -0.1) is 0 Å². The van der Waals surface area contributed by atoms with E-state index < -0.39 is 17.1 Å². The summed E-state index contributed by atoms with van der Waals surface area (Å²) in [5, 5.41) is 33.3. The Bertz CT molecular complexity index is 718. The van der Waals surface area contributed by atoms with Crippen molar-refractivity contribution in [2.75, 3.05) is 6.61 Å². The molecule has 0 aromatic heterocycles. The maximum absolute atomic E-state index is 12.1. The molecule has 156 valence electrons. The molecule has 4 fully saturated rings. The van der Waals surface area contributed by atoms with Crippen molar-refractivity contribution >= 4 is 5.97 Å². The number of esters is 1. The molecule has 0 aromatic carbocycles. The smallest absolute Gasteiger partial charge is 0.331 e. The van der Waals surface area contributed by atoms with Gasteiger partial charge in [0.05, 0.1) is 17.8 Å². The highest BCUT2D eigenvalue weighted by Crippen LogP contribution is 2.69. The van der Waals surface area contributed by atoms with E-state index >= 15 is 0 Å². The number of carbonyl (C=O) groups is 1. The number of fused-ring (bicyclic) bond motifs is 5. The Labute approximate surface area is 167 Å². The number of hydrogen-bond acceptors (Lipinski definition) is 5. The van der Waals surface area contributed by atoms with Crippen molar-refractivity contribution in [2.45, 2.75) is 83.0 Å². The Morgan fingerprint density at radius 1 is 1.07 bits per heavy atom. The first-order valence-corrected chi connectivity index (χ1v) is 11.1. The topological polar surface area (TPSA) is 87.0 Å². The number of rotatable bonds is 1. The summed E-state index contributed by atoms with van der Waals surface area (Å²) in [5.74, 6) is 0.627. The predicted molar refractivity (Wildman–Crippen MR) is 103 cm³/mol. The summed E-state index contributed by atoms with van der Waals surface area (Å²) in [5.41, 5.74) is -0.301. The van der Waals surface area contributed by atoms with Gasteiger partial charge in [0.25, 0.3) is 0 Å². The van der Waals surface area contributed by atoms with Crippen molar-refractivity contribution in [2.24, 2.45) is 34.5 Å². The molecule has 0 spiro atoms. The average molecular weight is 391 g/mol. The quantitative estimate of drug-likeness (QED) is 0.599. The Morgan fingerprint density at radius 2 is 1.86 bits per heavy atom. The standard InChI is InChI=1S/C23H34O5/c1-21-7-5-15(24)10-14(21)3-4-17-16(21)6-8-22(2)20(13-9-19(26)28-12-13)18(25)11-23(17,22)27/h9,14-18,20,24-25,27H,3-8,10-12H2,1-2H3/t14-,15+,16+,17-,18-,20+,21+,22-,23-/m1/s1. The van der Waals surface area contributed by atoms with Gasteiger partial charge in [0.15, 0.2) is 0 Å². The molecule has 9 atom stereocenters. The first-order valence-electron chi connectivity index (χ1n) is 11.1. The van der Waals surface area contributed by atoms with Gasteiger partial charge in [-0.25, -0.2) is 4.79 Å². The highest BCUT2D eigenvalue weighted by molar-refractivity contribution is 5.85. The minimum absolute atomic E-state index is 0.170. The molecule has 0 aromatic rings. The third-order valence-electron chi connectivity index (χ3n) is 9.92. The molecule has 0 unspecified atom stereocenters. The van der Waals surface area contributed by atoms with Gasteiger partial charge in [-0.2, -0.15) is 0 Å². The van der Waals surface area contributed by atoms with Gasteiger partial charge in [-0.1, -0.05) is 13.8 Å². The Morgan fingerprint density at radius 3 is 2.57 bits per heavy atom. The number of cyclic esters (lactones) is 1. The molecule has 28 heavy (non-hydrogen) atoms. The van der Waals surface area contributed by atoms with Crippen LogP contribution in [0, 0.1) is 34.5 Å². The van der Waals surface area contributed by atoms with Crippen LogP contribution < -0.4 is 0 Å². The van der Waals surface area contributed by atoms with E-state index in [-0.39, 0.29) is 35.9 Å². The fraction of sp³-hybridized carbons (Fsp3) is 0.870. The highest BCUT2D eigenvalue weighted by Gasteiger charge is 2.70. The van der Waals surface area contributed by atoms with Crippen LogP contribution in [-0.2, 0) is 9.53 Å². The van der Waals surface area contributed by atoms with Gasteiger partial charge in [-0.3, -0.25) is 0 Å². The Kier molecular flexibility index (Phi) is 4.12. The summed E-state index contributed by atoms with van der Waals surface area (Å²) < 4.78 is 5.14. The largest absolute Gasteiger partial charge is 0.458 e. The monoisotopic (exact) mass is 390 g/mol. The lowest BCUT2D eigenvalue weighted by Crippen LogP contribution is -2.62. The molecule has 5 aliphatic rings. The second-order valence-corrected chi connectivity index (χ2v) is 10.9. The van der Waals surface area contributed by atoms with Crippen LogP contribution in [0.3, 0.4) is 0 Å². The molecule has 0 amide bonds. The van der Waals surface area contributed by atoms with Crippen LogP contribution in [0.4, 0.5) is 0 Å². The molecule has 3 N–H and O–H groups in total. The summed E-state index contributed by atoms with van der Waals surface area (Å²) >= 11 is 0. The van der Waals surface area contributed by atoms with Crippen LogP contribution in [0.2, 0.25) is 0 Å². The molecular formula is C23H34O5. The Hall–Kier alpha value is -0.910. The summed E-state index contributed by atoms with van der Waals surface area (Å²) in [6.45, 7) is 4.77. The minimum Gasteiger partial charge on any atom is -0.458 e. The molecule has 0 bridgehead atoms. The van der Waals surface area contributed by atoms with Crippen molar-refractivity contribution in [3.05, 3.63) is 11.6 Å². The summed E-state index contributed by atoms with van der Waals surface area (Å²) in [7, 11) is 0. The van der Waals surface area contributed by atoms with E-state index in [2.05, 4.69) is 13.8 Å². The van der Waals surface area contributed by atoms with Crippen LogP contribution in [0.15, 0.2) is 11.6 Å². The molecule has 1 aliphatic heterocycles. The molecule has 0 radical (unpaired) electrons. The maximum Gasteiger partial charge on any atom is 0.331 e. The lowest BCUT2D eigenvalue weighted by molar-refractivity contribution is -0.208. The van der Waals surface area contributed by atoms with Gasteiger partial charge in [-0.05, 0) is 73.7 Å². The lowest BCUT2D eigenvalue weighted by atomic mass is 9.43. The number of aliphatic hydroxyl groups excluding tert-OH is 2. The second-order valence-electron chi connectivity index (χ2n) is 10.9. The molecule has 5 heteroatoms. The maximum atomic E-state index is 12.1. The summed E-state index contributed by atoms with van der Waals surface area (Å²) in [6.07, 6.45) is 7.87. The van der Waals surface area contributed by atoms with Crippen LogP contribution in [-0.4, -0.2) is 45.7 Å². The zero-order chi connectivity index (χ0) is 19.9. The molecular weight excluding hydrogens is 356 g/mol. The van der Waals surface area contributed by atoms with Crippen molar-refractivity contribution in [3.8, 4) is 0 Å². The van der Waals surface area contributed by atoms with Gasteiger partial charge >= 0.3 is 5.97 Å². The molecule has 4 aliphatic carbocycles. The third kappa shape index (κ3) is 2.33. The number of ether oxygens (including phenoxy) is 1. The summed E-state index contributed by atoms with van der Waals surface area (Å²) in [6, 6.07) is 0. The van der Waals surface area contributed by atoms with Gasteiger partial charge in [0.2, 0.25) is 0 Å². The molecule has 5 rings (SSSR count). The number of hydrogen-bond donors (Lipinski definition) is 3. The second kappa shape index (κ2) is 6.05. The lowest BCUT2D eigenvalue weighted by Gasteiger charge is -2.63. The SMILES string of the molecule is C[C@]12CC[C@H](O)C[C@H]1CC[C@@H]1[C@@H]2CC[C@]2(C)[C@@H](C3=CC(=O)OC3)[C@H](O)C[C@@]12O. The molecule has 5 nitrogen and oxygen atoms in total. The fourth-order valence-corrected chi connectivity index (χ4v) is 8.47. The van der Waals surface area contributed by atoms with E-state index in [1.54, 1.807) is 0 Å². The zero-order valence-electron chi connectivity index (χ0n) is 17.1. The zero-order valence-corrected chi connectivity index (χ0v) is 17.1. The molecule has 1 heterocycles. The van der Waals surface area contributed by atoms with Gasteiger partial charge in [0, 0.05) is 23.8 Å². The van der Waals surface area contributed by atoms with Crippen LogP contribution in [0.25, 0.3) is 0 Å². The van der Waals surface area contributed by atoms with Gasteiger partial charge < -0.3 is 20.1 Å². The minimum atomic E-state index is -0.906. The van der Waals surface area contributed by atoms with Crippen LogP contribution in [0.5, 0.6) is 0 Å². The van der Waals surface area contributed by atoms with Crippen molar-refractivity contribution in [3.63, 3.8) is 0 Å². The van der Waals surface area contributed by atoms with Gasteiger partial charge in [0.1, 0.15) is 6.61 Å². The number of aliphatic hydroxyl groups is 3. The molecule has 0 saturated heterocycles. The third-order valence-corrected chi connectivity index (χ3v) is 9.92. The van der Waals surface area contributed by atoms with E-state index in [1.165, 1.54) is 6.08 Å². The van der Waals surface area contributed by atoms with E-state index in [0.717, 1.165) is 50.5 Å². The van der Waals surface area contributed by atoms with E-state index in [4.69, 9.17) is 4.74 Å². The first kappa shape index (κ1) is 19.1. The normalized spacial score (nSPS) is 55.8. The van der Waals surface area contributed by atoms with Crippen molar-refractivity contribution in [1.82, 2.24) is 0 Å². The average Bonchev–Trinajstić information content (AvgIpc) is 3.13. The van der Waals surface area contributed by atoms with E-state index in [0.29, 0.717) is 18.3 Å². The van der Waals surface area contributed by atoms with Crippen LogP contribution in [0.1, 0.15) is 65.2 Å². The Balaban J connectivity index is 1.50. The van der Waals surface area contributed by atoms with Crippen molar-refractivity contribution in [1.29, 1.82) is 0 Å². The molecule has 4 saturated carbocycles.